The summed E-state index contributed by atoms with van der Waals surface area (Å²) in [6.45, 7) is 0. The number of aromatic nitrogens is 1. The summed E-state index contributed by atoms with van der Waals surface area (Å²) in [5.41, 5.74) is 2.95. The van der Waals surface area contributed by atoms with Crippen molar-refractivity contribution in [3.63, 3.8) is 0 Å². The van der Waals surface area contributed by atoms with E-state index < -0.39 is 0 Å². The molecule has 0 bridgehead atoms. The number of nitrogens with zero attached hydrogens (tertiary/aromatic N) is 2. The van der Waals surface area contributed by atoms with Crippen LogP contribution in [0.4, 0.5) is 0 Å². The minimum absolute atomic E-state index is 0.217. The number of amides is 1. The third kappa shape index (κ3) is 2.94. The summed E-state index contributed by atoms with van der Waals surface area (Å²) in [5, 5.41) is 2.00. The number of rotatable bonds is 4. The van der Waals surface area contributed by atoms with Crippen molar-refractivity contribution in [1.29, 1.82) is 0 Å². The summed E-state index contributed by atoms with van der Waals surface area (Å²) in [4.78, 5) is 22.3. The first kappa shape index (κ1) is 16.0. The Morgan fingerprint density at radius 3 is 2.42 bits per heavy atom. The number of hydrogen-bond donors (Lipinski definition) is 0. The van der Waals surface area contributed by atoms with E-state index in [-0.39, 0.29) is 5.91 Å². The molecular weight excluding hydrogens is 304 g/mol. The van der Waals surface area contributed by atoms with Crippen molar-refractivity contribution in [3.8, 4) is 17.0 Å². The molecule has 3 rings (SSSR count). The molecule has 0 N–H and O–H groups in total. The van der Waals surface area contributed by atoms with Crippen LogP contribution in [0.2, 0.25) is 0 Å². The highest BCUT2D eigenvalue weighted by atomic mass is 16.7. The van der Waals surface area contributed by atoms with Gasteiger partial charge in [0.1, 0.15) is 5.75 Å². The number of hydrogen-bond acceptors (Lipinski definition) is 4. The fourth-order valence-corrected chi connectivity index (χ4v) is 2.51. The third-order valence-electron chi connectivity index (χ3n) is 3.89. The second kappa shape index (κ2) is 6.68. The van der Waals surface area contributed by atoms with Crippen molar-refractivity contribution in [2.45, 2.75) is 0 Å². The minimum atomic E-state index is -0.217. The highest BCUT2D eigenvalue weighted by Crippen LogP contribution is 2.27. The van der Waals surface area contributed by atoms with Gasteiger partial charge in [0.2, 0.25) is 0 Å². The van der Waals surface area contributed by atoms with E-state index >= 15 is 0 Å². The average Bonchev–Trinajstić information content (AvgIpc) is 2.66. The first-order chi connectivity index (χ1) is 11.6. The maximum Gasteiger partial charge on any atom is 0.277 e. The lowest BCUT2D eigenvalue weighted by molar-refractivity contribution is -0.0755. The van der Waals surface area contributed by atoms with Gasteiger partial charge in [-0.1, -0.05) is 18.2 Å². The first-order valence-electron chi connectivity index (χ1n) is 7.50. The van der Waals surface area contributed by atoms with E-state index in [0.717, 1.165) is 27.9 Å². The van der Waals surface area contributed by atoms with Crippen molar-refractivity contribution in [3.05, 3.63) is 60.2 Å². The summed E-state index contributed by atoms with van der Waals surface area (Å²) in [7, 11) is 4.68. The van der Waals surface area contributed by atoms with Crippen molar-refractivity contribution >= 4 is 16.8 Å². The molecule has 0 fully saturated rings. The van der Waals surface area contributed by atoms with E-state index in [1.807, 2.05) is 48.5 Å². The maximum absolute atomic E-state index is 12.6. The molecule has 0 radical (unpaired) electrons. The predicted molar refractivity (Wildman–Crippen MR) is 92.8 cm³/mol. The Morgan fingerprint density at radius 2 is 1.75 bits per heavy atom. The van der Waals surface area contributed by atoms with Crippen molar-refractivity contribution in [1.82, 2.24) is 10.0 Å². The summed E-state index contributed by atoms with van der Waals surface area (Å²) in [5.74, 6) is 0.556. The lowest BCUT2D eigenvalue weighted by Crippen LogP contribution is -2.25. The van der Waals surface area contributed by atoms with Crippen LogP contribution in [0.3, 0.4) is 0 Å². The van der Waals surface area contributed by atoms with Gasteiger partial charge in [0.05, 0.1) is 31.0 Å². The predicted octanol–water partition coefficient (Wildman–Crippen LogP) is 3.54. The SMILES string of the molecule is COc1ccc(-c2cc(C(=O)N(C)OC)c3ccccc3n2)cc1. The summed E-state index contributed by atoms with van der Waals surface area (Å²) in [6, 6.07) is 16.9. The molecule has 24 heavy (non-hydrogen) atoms. The van der Waals surface area contributed by atoms with Gasteiger partial charge in [0.15, 0.2) is 0 Å². The molecule has 0 aliphatic heterocycles. The van der Waals surface area contributed by atoms with Gasteiger partial charge >= 0.3 is 0 Å². The summed E-state index contributed by atoms with van der Waals surface area (Å²) in [6.07, 6.45) is 0. The summed E-state index contributed by atoms with van der Waals surface area (Å²) < 4.78 is 5.19. The van der Waals surface area contributed by atoms with Gasteiger partial charge in [-0.2, -0.15) is 0 Å². The number of para-hydroxylation sites is 1. The maximum atomic E-state index is 12.6. The van der Waals surface area contributed by atoms with Crippen LogP contribution in [0.5, 0.6) is 5.75 Å². The van der Waals surface area contributed by atoms with Crippen LogP contribution in [0.25, 0.3) is 22.2 Å². The van der Waals surface area contributed by atoms with Gasteiger partial charge in [-0.15, -0.1) is 0 Å². The molecule has 0 saturated heterocycles. The van der Waals surface area contributed by atoms with E-state index in [0.29, 0.717) is 5.56 Å². The lowest BCUT2D eigenvalue weighted by atomic mass is 10.0. The summed E-state index contributed by atoms with van der Waals surface area (Å²) >= 11 is 0. The van der Waals surface area contributed by atoms with Crippen molar-refractivity contribution < 1.29 is 14.4 Å². The Balaban J connectivity index is 2.17. The number of carbonyl (C=O) groups excluding carboxylic acids is 1. The topological polar surface area (TPSA) is 51.7 Å². The molecule has 1 aromatic heterocycles. The molecule has 2 aromatic carbocycles. The van der Waals surface area contributed by atoms with Crippen LogP contribution in [0.1, 0.15) is 10.4 Å². The second-order valence-corrected chi connectivity index (χ2v) is 5.29. The van der Waals surface area contributed by atoms with Crippen LogP contribution in [-0.4, -0.2) is 37.2 Å². The van der Waals surface area contributed by atoms with Gasteiger partial charge in [-0.25, -0.2) is 10.0 Å². The Labute approximate surface area is 140 Å². The zero-order valence-corrected chi connectivity index (χ0v) is 13.8. The standard InChI is InChI=1S/C19H18N2O3/c1-21(24-3)19(22)16-12-18(13-8-10-14(23-2)11-9-13)20-17-7-5-4-6-15(16)17/h4-12H,1-3H3. The van der Waals surface area contributed by atoms with Crippen LogP contribution in [0, 0.1) is 0 Å². The number of fused-ring (bicyclic) bond motifs is 1. The van der Waals surface area contributed by atoms with E-state index in [2.05, 4.69) is 4.98 Å². The van der Waals surface area contributed by atoms with E-state index in [1.54, 1.807) is 20.2 Å². The molecule has 0 unspecified atom stereocenters. The smallest absolute Gasteiger partial charge is 0.277 e. The normalized spacial score (nSPS) is 10.6. The molecule has 0 aliphatic rings. The molecule has 0 aliphatic carbocycles. The molecule has 1 heterocycles. The fraction of sp³-hybridized carbons (Fsp3) is 0.158. The molecule has 122 valence electrons. The van der Waals surface area contributed by atoms with Crippen LogP contribution in [-0.2, 0) is 4.84 Å². The van der Waals surface area contributed by atoms with Gasteiger partial charge in [0, 0.05) is 18.0 Å². The monoisotopic (exact) mass is 322 g/mol. The number of hydroxylamine groups is 2. The molecule has 5 nitrogen and oxygen atoms in total. The highest BCUT2D eigenvalue weighted by molar-refractivity contribution is 6.06. The molecule has 0 atom stereocenters. The third-order valence-corrected chi connectivity index (χ3v) is 3.89. The van der Waals surface area contributed by atoms with E-state index in [1.165, 1.54) is 12.2 Å². The molecule has 1 amide bonds. The van der Waals surface area contributed by atoms with Crippen molar-refractivity contribution in [2.75, 3.05) is 21.3 Å². The first-order valence-corrected chi connectivity index (χ1v) is 7.50. The zero-order chi connectivity index (χ0) is 17.1. The van der Waals surface area contributed by atoms with Crippen LogP contribution >= 0.6 is 0 Å². The van der Waals surface area contributed by atoms with Crippen LogP contribution in [0.15, 0.2) is 54.6 Å². The molecule has 5 heteroatoms. The number of pyridine rings is 1. The Bertz CT molecular complexity index is 875. The van der Waals surface area contributed by atoms with Crippen LogP contribution < -0.4 is 4.74 Å². The van der Waals surface area contributed by atoms with Gasteiger partial charge in [-0.05, 0) is 36.4 Å². The van der Waals surface area contributed by atoms with Gasteiger partial charge < -0.3 is 4.74 Å². The average molecular weight is 322 g/mol. The molecule has 0 saturated carbocycles. The minimum Gasteiger partial charge on any atom is -0.497 e. The second-order valence-electron chi connectivity index (χ2n) is 5.29. The largest absolute Gasteiger partial charge is 0.497 e. The zero-order valence-electron chi connectivity index (χ0n) is 13.8. The molecule has 3 aromatic rings. The number of methoxy groups -OCH3 is 1. The quantitative estimate of drug-likeness (QED) is 0.689. The molecular formula is C19H18N2O3. The van der Waals surface area contributed by atoms with Gasteiger partial charge in [-0.3, -0.25) is 9.63 Å². The Hall–Kier alpha value is -2.92. The van der Waals surface area contributed by atoms with Gasteiger partial charge in [0.25, 0.3) is 5.91 Å². The molecule has 0 spiro atoms. The number of ether oxygens (including phenoxy) is 1. The highest BCUT2D eigenvalue weighted by Gasteiger charge is 2.17. The number of benzene rings is 2. The van der Waals surface area contributed by atoms with E-state index in [4.69, 9.17) is 9.57 Å². The number of carbonyl (C=O) groups is 1. The Kier molecular flexibility index (Phi) is 4.44. The lowest BCUT2D eigenvalue weighted by Gasteiger charge is -2.16. The van der Waals surface area contributed by atoms with Crippen molar-refractivity contribution in [2.24, 2.45) is 0 Å². The Morgan fingerprint density at radius 1 is 1.04 bits per heavy atom. The fourth-order valence-electron chi connectivity index (χ4n) is 2.51. The van der Waals surface area contributed by atoms with E-state index in [9.17, 15) is 4.79 Å².